The van der Waals surface area contributed by atoms with E-state index in [-0.39, 0.29) is 0 Å². The quantitative estimate of drug-likeness (QED) is 0.248. The molecule has 5 aromatic rings. The van der Waals surface area contributed by atoms with E-state index in [1.54, 1.807) is 0 Å². The largest absolute Gasteiger partial charge is 0.398 e. The molecule has 0 saturated carbocycles. The Morgan fingerprint density at radius 3 is 1.95 bits per heavy atom. The Balaban J connectivity index is 1.30. The van der Waals surface area contributed by atoms with Crippen molar-refractivity contribution < 1.29 is 0 Å². The molecule has 6 rings (SSSR count). The summed E-state index contributed by atoms with van der Waals surface area (Å²) < 4.78 is 0. The normalized spacial score (nSPS) is 14.3. The summed E-state index contributed by atoms with van der Waals surface area (Å²) in [7, 11) is 0. The Morgan fingerprint density at radius 2 is 1.21 bits per heavy atom. The van der Waals surface area contributed by atoms with Gasteiger partial charge in [0.1, 0.15) is 0 Å². The molecular weight excluding hydrogens is 472 g/mol. The predicted octanol–water partition coefficient (Wildman–Crippen LogP) is 9.81. The highest BCUT2D eigenvalue weighted by Gasteiger charge is 2.14. The second-order valence-corrected chi connectivity index (χ2v) is 9.84. The van der Waals surface area contributed by atoms with E-state index in [1.807, 2.05) is 18.2 Å². The van der Waals surface area contributed by atoms with E-state index < -0.39 is 0 Å². The van der Waals surface area contributed by atoms with Gasteiger partial charge in [0.05, 0.1) is 5.69 Å². The van der Waals surface area contributed by atoms with Crippen molar-refractivity contribution in [2.75, 3.05) is 10.6 Å². The van der Waals surface area contributed by atoms with E-state index in [1.165, 1.54) is 16.7 Å². The van der Waals surface area contributed by atoms with Gasteiger partial charge in [0.2, 0.25) is 0 Å². The number of nitrogens with zero attached hydrogens (tertiary/aromatic N) is 1. The van der Waals surface area contributed by atoms with Gasteiger partial charge < -0.3 is 10.6 Å². The highest BCUT2D eigenvalue weighted by atomic mass is 15.1. The molecule has 1 aliphatic heterocycles. The number of nitrogen functional groups attached to an aromatic ring is 1. The smallest absolute Gasteiger partial charge is 0.0533 e. The van der Waals surface area contributed by atoms with Crippen molar-refractivity contribution in [1.29, 1.82) is 0 Å². The van der Waals surface area contributed by atoms with Gasteiger partial charge in [-0.1, -0.05) is 104 Å². The Labute approximate surface area is 230 Å². The van der Waals surface area contributed by atoms with E-state index >= 15 is 0 Å². The van der Waals surface area contributed by atoms with Crippen LogP contribution in [0.2, 0.25) is 0 Å². The fraction of sp³-hybridized carbons (Fsp3) is 0.0270. The SMILES string of the molecule is C=C1/C=C\C=C/N(c2ccc(-c3ccc(-c4cc(-c5ccccc5)cc(N)c4C)cc3)cc2)c2ccccc21. The van der Waals surface area contributed by atoms with Gasteiger partial charge in [-0.2, -0.15) is 0 Å². The van der Waals surface area contributed by atoms with Crippen LogP contribution in [0.1, 0.15) is 11.1 Å². The molecule has 0 aromatic heterocycles. The van der Waals surface area contributed by atoms with Crippen LogP contribution in [0.3, 0.4) is 0 Å². The van der Waals surface area contributed by atoms with Crippen LogP contribution in [-0.2, 0) is 0 Å². The Hall–Kier alpha value is -5.08. The lowest BCUT2D eigenvalue weighted by atomic mass is 9.93. The summed E-state index contributed by atoms with van der Waals surface area (Å²) in [6.45, 7) is 6.34. The molecule has 2 heteroatoms. The highest BCUT2D eigenvalue weighted by molar-refractivity contribution is 5.86. The number of hydrogen-bond donors (Lipinski definition) is 1. The number of nitrogens with two attached hydrogens (primary N) is 1. The lowest BCUT2D eigenvalue weighted by molar-refractivity contribution is 1.27. The second kappa shape index (κ2) is 10.4. The third-order valence-corrected chi connectivity index (χ3v) is 7.38. The van der Waals surface area contributed by atoms with Gasteiger partial charge in [-0.3, -0.25) is 0 Å². The fourth-order valence-corrected chi connectivity index (χ4v) is 5.15. The standard InChI is InChI=1S/C37H30N2/c1-26-10-8-9-23-39(37-14-7-6-13-34(26)37)33-21-19-30(20-22-33)29-15-17-31(18-16-29)35-24-32(25-36(38)27(35)2)28-11-4-3-5-12-28/h3-25H,1,38H2,2H3/b10-8-,23-9-. The van der Waals surface area contributed by atoms with Crippen molar-refractivity contribution in [3.63, 3.8) is 0 Å². The van der Waals surface area contributed by atoms with E-state index in [0.717, 1.165) is 50.5 Å². The second-order valence-electron chi connectivity index (χ2n) is 9.84. The molecule has 2 nitrogen and oxygen atoms in total. The van der Waals surface area contributed by atoms with Gasteiger partial charge in [-0.05, 0) is 87.8 Å². The summed E-state index contributed by atoms with van der Waals surface area (Å²) >= 11 is 0. The van der Waals surface area contributed by atoms with Crippen LogP contribution < -0.4 is 10.6 Å². The summed E-state index contributed by atoms with van der Waals surface area (Å²) in [5.41, 5.74) is 19.7. The predicted molar refractivity (Wildman–Crippen MR) is 168 cm³/mol. The number of fused-ring (bicyclic) bond motifs is 1. The number of allylic oxidation sites excluding steroid dienone is 4. The van der Waals surface area contributed by atoms with Gasteiger partial charge >= 0.3 is 0 Å². The number of anilines is 3. The first-order valence-corrected chi connectivity index (χ1v) is 13.2. The molecule has 2 N–H and O–H groups in total. The number of para-hydroxylation sites is 1. The Morgan fingerprint density at radius 1 is 0.590 bits per heavy atom. The van der Waals surface area contributed by atoms with Gasteiger partial charge in [0, 0.05) is 23.1 Å². The van der Waals surface area contributed by atoms with Crippen LogP contribution in [0.5, 0.6) is 0 Å². The zero-order chi connectivity index (χ0) is 26.8. The van der Waals surface area contributed by atoms with Crippen molar-refractivity contribution in [2.45, 2.75) is 6.92 Å². The van der Waals surface area contributed by atoms with Gasteiger partial charge in [-0.15, -0.1) is 0 Å². The molecule has 0 radical (unpaired) electrons. The molecule has 39 heavy (non-hydrogen) atoms. The minimum absolute atomic E-state index is 0.810. The van der Waals surface area contributed by atoms with E-state index in [9.17, 15) is 0 Å². The average Bonchev–Trinajstić information content (AvgIpc) is 2.98. The molecule has 0 spiro atoms. The summed E-state index contributed by atoms with van der Waals surface area (Å²) in [6, 6.07) is 40.6. The van der Waals surface area contributed by atoms with Gasteiger partial charge in [0.25, 0.3) is 0 Å². The number of hydrogen-bond acceptors (Lipinski definition) is 2. The zero-order valence-corrected chi connectivity index (χ0v) is 22.0. The van der Waals surface area contributed by atoms with Crippen LogP contribution in [0, 0.1) is 6.92 Å². The molecule has 1 aliphatic rings. The molecule has 0 aliphatic carbocycles. The summed E-state index contributed by atoms with van der Waals surface area (Å²) in [5, 5.41) is 0. The lowest BCUT2D eigenvalue weighted by Gasteiger charge is -2.25. The van der Waals surface area contributed by atoms with Crippen molar-refractivity contribution in [3.05, 3.63) is 157 Å². The third kappa shape index (κ3) is 4.81. The van der Waals surface area contributed by atoms with Crippen LogP contribution in [0.4, 0.5) is 17.1 Å². The first-order chi connectivity index (χ1) is 19.1. The molecule has 5 aromatic carbocycles. The average molecular weight is 503 g/mol. The van der Waals surface area contributed by atoms with E-state index in [2.05, 4.69) is 140 Å². The molecule has 0 unspecified atom stereocenters. The topological polar surface area (TPSA) is 29.3 Å². The van der Waals surface area contributed by atoms with Crippen LogP contribution in [0.25, 0.3) is 39.0 Å². The molecule has 1 heterocycles. The van der Waals surface area contributed by atoms with Crippen LogP contribution in [0.15, 0.2) is 146 Å². The minimum Gasteiger partial charge on any atom is -0.398 e. The van der Waals surface area contributed by atoms with Crippen molar-refractivity contribution >= 4 is 22.6 Å². The number of rotatable bonds is 4. The van der Waals surface area contributed by atoms with E-state index in [4.69, 9.17) is 5.73 Å². The van der Waals surface area contributed by atoms with Gasteiger partial charge in [0.15, 0.2) is 0 Å². The molecule has 188 valence electrons. The molecular formula is C37H30N2. The minimum atomic E-state index is 0.810. The van der Waals surface area contributed by atoms with Gasteiger partial charge in [-0.25, -0.2) is 0 Å². The maximum absolute atomic E-state index is 6.43. The first-order valence-electron chi connectivity index (χ1n) is 13.2. The maximum atomic E-state index is 6.43. The van der Waals surface area contributed by atoms with Crippen molar-refractivity contribution in [1.82, 2.24) is 0 Å². The molecule has 0 amide bonds. The molecule has 0 bridgehead atoms. The molecule has 0 atom stereocenters. The van der Waals surface area contributed by atoms with Crippen molar-refractivity contribution in [2.24, 2.45) is 0 Å². The molecule has 0 fully saturated rings. The lowest BCUT2D eigenvalue weighted by Crippen LogP contribution is -2.11. The van der Waals surface area contributed by atoms with Crippen LogP contribution in [-0.4, -0.2) is 0 Å². The first kappa shape index (κ1) is 24.3. The Kier molecular flexibility index (Phi) is 6.44. The monoisotopic (exact) mass is 502 g/mol. The maximum Gasteiger partial charge on any atom is 0.0533 e. The zero-order valence-electron chi connectivity index (χ0n) is 22.0. The van der Waals surface area contributed by atoms with E-state index in [0.29, 0.717) is 0 Å². The summed E-state index contributed by atoms with van der Waals surface area (Å²) in [4.78, 5) is 2.21. The van der Waals surface area contributed by atoms with Crippen LogP contribution >= 0.6 is 0 Å². The Bertz CT molecular complexity index is 1710. The number of benzene rings is 5. The third-order valence-electron chi connectivity index (χ3n) is 7.38. The summed E-state index contributed by atoms with van der Waals surface area (Å²) in [6.07, 6.45) is 8.23. The fourth-order valence-electron chi connectivity index (χ4n) is 5.15. The summed E-state index contributed by atoms with van der Waals surface area (Å²) in [5.74, 6) is 0. The van der Waals surface area contributed by atoms with Crippen molar-refractivity contribution in [3.8, 4) is 33.4 Å². The highest BCUT2D eigenvalue weighted by Crippen LogP contribution is 2.37. The molecule has 0 saturated heterocycles.